The average molecular weight is 481 g/mol. The molecule has 3 amide bonds. The van der Waals surface area contributed by atoms with E-state index in [1.165, 1.54) is 6.07 Å². The number of phenols is 1. The van der Waals surface area contributed by atoms with Gasteiger partial charge in [-0.05, 0) is 49.4 Å². The minimum absolute atomic E-state index is 0.0119. The van der Waals surface area contributed by atoms with Gasteiger partial charge in [0.15, 0.2) is 0 Å². The van der Waals surface area contributed by atoms with Gasteiger partial charge >= 0.3 is 6.03 Å². The van der Waals surface area contributed by atoms with E-state index in [1.54, 1.807) is 31.2 Å². The Morgan fingerprint density at radius 2 is 1.77 bits per heavy atom. The normalized spacial score (nSPS) is 16.7. The van der Waals surface area contributed by atoms with E-state index in [4.69, 9.17) is 0 Å². The van der Waals surface area contributed by atoms with Gasteiger partial charge in [0.1, 0.15) is 5.75 Å². The number of amides is 3. The molecule has 6 nitrogen and oxygen atoms in total. The Balaban J connectivity index is 1.98. The van der Waals surface area contributed by atoms with Gasteiger partial charge in [-0.15, -0.1) is 0 Å². The first-order chi connectivity index (χ1) is 12.3. The van der Waals surface area contributed by atoms with Crippen LogP contribution in [0, 0.1) is 0 Å². The number of aromatic hydroxyl groups is 1. The summed E-state index contributed by atoms with van der Waals surface area (Å²) in [5.41, 5.74) is 1.79. The number of phenolic OH excluding ortho intramolecular Hbond substituents is 1. The van der Waals surface area contributed by atoms with Crippen LogP contribution in [0.1, 0.15) is 18.5 Å². The third kappa shape index (κ3) is 3.91. The largest absolute Gasteiger partial charge is 0.508 e. The molecule has 134 valence electrons. The molecule has 1 aliphatic heterocycles. The number of halogens is 2. The van der Waals surface area contributed by atoms with E-state index in [9.17, 15) is 14.7 Å². The number of hydrogen-bond acceptors (Lipinski definition) is 3. The van der Waals surface area contributed by atoms with Crippen molar-refractivity contribution in [2.75, 3.05) is 5.32 Å². The molecule has 2 aromatic carbocycles. The maximum Gasteiger partial charge on any atom is 0.319 e. The lowest BCUT2D eigenvalue weighted by Crippen LogP contribution is -2.46. The molecule has 0 unspecified atom stereocenters. The fraction of sp³-hybridized carbons (Fsp3) is 0.111. The minimum Gasteiger partial charge on any atom is -0.508 e. The Bertz CT molecular complexity index is 910. The number of urea groups is 1. The molecule has 2 aromatic rings. The van der Waals surface area contributed by atoms with Crippen LogP contribution in [-0.2, 0) is 4.79 Å². The molecule has 0 saturated heterocycles. The molecule has 0 radical (unpaired) electrons. The van der Waals surface area contributed by atoms with Crippen LogP contribution in [0.2, 0.25) is 0 Å². The van der Waals surface area contributed by atoms with Crippen LogP contribution in [0.15, 0.2) is 62.7 Å². The molecule has 0 aliphatic carbocycles. The Kier molecular flexibility index (Phi) is 5.33. The summed E-state index contributed by atoms with van der Waals surface area (Å²) >= 11 is 6.70. The molecule has 0 saturated carbocycles. The number of anilines is 1. The van der Waals surface area contributed by atoms with Crippen molar-refractivity contribution in [1.29, 1.82) is 0 Å². The lowest BCUT2D eigenvalue weighted by molar-refractivity contribution is -0.113. The van der Waals surface area contributed by atoms with Crippen molar-refractivity contribution in [3.8, 4) is 5.75 Å². The van der Waals surface area contributed by atoms with E-state index in [0.717, 1.165) is 8.95 Å². The number of hydrogen-bond donors (Lipinski definition) is 4. The molecule has 8 heteroatoms. The van der Waals surface area contributed by atoms with Gasteiger partial charge in [-0.1, -0.05) is 31.9 Å². The van der Waals surface area contributed by atoms with Crippen LogP contribution in [0.5, 0.6) is 5.75 Å². The third-order valence-electron chi connectivity index (χ3n) is 3.92. The number of carbonyl (C=O) groups is 2. The highest BCUT2D eigenvalue weighted by Crippen LogP contribution is 2.34. The van der Waals surface area contributed by atoms with Gasteiger partial charge < -0.3 is 21.1 Å². The third-order valence-corrected chi connectivity index (χ3v) is 4.94. The summed E-state index contributed by atoms with van der Waals surface area (Å²) < 4.78 is 1.62. The molecular formula is C18H15Br2N3O3. The van der Waals surface area contributed by atoms with E-state index < -0.39 is 12.1 Å². The van der Waals surface area contributed by atoms with Gasteiger partial charge in [0, 0.05) is 25.9 Å². The summed E-state index contributed by atoms with van der Waals surface area (Å²) in [7, 11) is 0. The standard InChI is InChI=1S/C18H15Br2N3O3/c1-9-15(17(25)22-12-5-2-10(19)3-6-12)16(23-18(26)21-9)13-8-11(20)4-7-14(13)24/h2-8,16,24H,1H3,(H,22,25)(H2,21,23,26)/t16-/m1/s1. The van der Waals surface area contributed by atoms with E-state index in [1.807, 2.05) is 12.1 Å². The molecule has 0 bridgehead atoms. The second-order valence-electron chi connectivity index (χ2n) is 5.73. The second-order valence-corrected chi connectivity index (χ2v) is 7.57. The van der Waals surface area contributed by atoms with Crippen LogP contribution < -0.4 is 16.0 Å². The van der Waals surface area contributed by atoms with E-state index in [-0.39, 0.29) is 11.7 Å². The fourth-order valence-electron chi connectivity index (χ4n) is 2.72. The molecule has 26 heavy (non-hydrogen) atoms. The van der Waals surface area contributed by atoms with E-state index in [0.29, 0.717) is 22.5 Å². The summed E-state index contributed by atoms with van der Waals surface area (Å²) in [6.45, 7) is 1.65. The van der Waals surface area contributed by atoms with Crippen molar-refractivity contribution in [2.45, 2.75) is 13.0 Å². The Morgan fingerprint density at radius 3 is 2.46 bits per heavy atom. The van der Waals surface area contributed by atoms with E-state index >= 15 is 0 Å². The van der Waals surface area contributed by atoms with Gasteiger partial charge in [0.25, 0.3) is 5.91 Å². The van der Waals surface area contributed by atoms with Gasteiger partial charge in [-0.25, -0.2) is 4.79 Å². The minimum atomic E-state index is -0.781. The van der Waals surface area contributed by atoms with Crippen molar-refractivity contribution in [3.05, 3.63) is 68.2 Å². The molecule has 4 N–H and O–H groups in total. The van der Waals surface area contributed by atoms with Crippen LogP contribution in [0.25, 0.3) is 0 Å². The fourth-order valence-corrected chi connectivity index (χ4v) is 3.36. The van der Waals surface area contributed by atoms with Gasteiger partial charge in [0.2, 0.25) is 0 Å². The molecule has 0 fully saturated rings. The van der Waals surface area contributed by atoms with Crippen LogP contribution >= 0.6 is 31.9 Å². The number of allylic oxidation sites excluding steroid dienone is 1. The molecule has 0 aromatic heterocycles. The highest BCUT2D eigenvalue weighted by atomic mass is 79.9. The molecule has 1 heterocycles. The molecule has 1 atom stereocenters. The van der Waals surface area contributed by atoms with Crippen molar-refractivity contribution in [1.82, 2.24) is 10.6 Å². The highest BCUT2D eigenvalue weighted by molar-refractivity contribution is 9.10. The summed E-state index contributed by atoms with van der Waals surface area (Å²) in [6, 6.07) is 10.8. The number of rotatable bonds is 3. The zero-order valence-corrected chi connectivity index (χ0v) is 16.8. The predicted molar refractivity (Wildman–Crippen MR) is 106 cm³/mol. The molecular weight excluding hydrogens is 466 g/mol. The van der Waals surface area contributed by atoms with Crippen molar-refractivity contribution in [3.63, 3.8) is 0 Å². The first-order valence-corrected chi connectivity index (χ1v) is 9.27. The SMILES string of the molecule is CC1=C(C(=O)Nc2ccc(Br)cc2)[C@@H](c2cc(Br)ccc2O)NC(=O)N1. The van der Waals surface area contributed by atoms with Gasteiger partial charge in [-0.3, -0.25) is 4.79 Å². The number of benzene rings is 2. The van der Waals surface area contributed by atoms with E-state index in [2.05, 4.69) is 47.8 Å². The maximum atomic E-state index is 12.9. The molecule has 0 spiro atoms. The Morgan fingerprint density at radius 1 is 1.12 bits per heavy atom. The van der Waals surface area contributed by atoms with Crippen LogP contribution in [-0.4, -0.2) is 17.0 Å². The lowest BCUT2D eigenvalue weighted by atomic mass is 9.94. The zero-order valence-electron chi connectivity index (χ0n) is 13.6. The zero-order chi connectivity index (χ0) is 18.8. The summed E-state index contributed by atoms with van der Waals surface area (Å²) in [5, 5.41) is 18.3. The first kappa shape index (κ1) is 18.5. The van der Waals surface area contributed by atoms with Crippen LogP contribution in [0.4, 0.5) is 10.5 Å². The topological polar surface area (TPSA) is 90.5 Å². The van der Waals surface area contributed by atoms with Crippen LogP contribution in [0.3, 0.4) is 0 Å². The molecule has 1 aliphatic rings. The monoisotopic (exact) mass is 479 g/mol. The second kappa shape index (κ2) is 7.51. The Labute approximate surface area is 166 Å². The Hall–Kier alpha value is -2.32. The summed E-state index contributed by atoms with van der Waals surface area (Å²) in [4.78, 5) is 24.8. The lowest BCUT2D eigenvalue weighted by Gasteiger charge is -2.29. The first-order valence-electron chi connectivity index (χ1n) is 7.69. The average Bonchev–Trinajstić information content (AvgIpc) is 2.58. The summed E-state index contributed by atoms with van der Waals surface area (Å²) in [5.74, 6) is -0.385. The van der Waals surface area contributed by atoms with Gasteiger partial charge in [-0.2, -0.15) is 0 Å². The predicted octanol–water partition coefficient (Wildman–Crippen LogP) is 4.18. The quantitative estimate of drug-likeness (QED) is 0.531. The van der Waals surface area contributed by atoms with Crippen molar-refractivity contribution < 1.29 is 14.7 Å². The molecule has 3 rings (SSSR count). The van der Waals surface area contributed by atoms with Crippen molar-refractivity contribution >= 4 is 49.5 Å². The van der Waals surface area contributed by atoms with Crippen molar-refractivity contribution in [2.24, 2.45) is 0 Å². The summed E-state index contributed by atoms with van der Waals surface area (Å²) in [6.07, 6.45) is 0. The highest BCUT2D eigenvalue weighted by Gasteiger charge is 2.32. The number of nitrogens with one attached hydrogen (secondary N) is 3. The maximum absolute atomic E-state index is 12.9. The smallest absolute Gasteiger partial charge is 0.319 e. The van der Waals surface area contributed by atoms with Gasteiger partial charge in [0.05, 0.1) is 11.6 Å². The number of carbonyl (C=O) groups excluding carboxylic acids is 2.